The maximum Gasteiger partial charge on any atom is 0.237 e. The fraction of sp³-hybridized carbons (Fsp3) is 0.875. The first kappa shape index (κ1) is 19.9. The first-order chi connectivity index (χ1) is 10.7. The van der Waals surface area contributed by atoms with E-state index in [0.29, 0.717) is 19.7 Å². The molecule has 0 aromatic heterocycles. The minimum atomic E-state index is -0.215. The molecule has 1 saturated heterocycles. The molecule has 1 heterocycles. The highest BCUT2D eigenvalue weighted by atomic mass is 16.5. The Hall–Kier alpha value is -1.18. The van der Waals surface area contributed by atoms with Crippen molar-refractivity contribution in [1.82, 2.24) is 20.4 Å². The zero-order valence-electron chi connectivity index (χ0n) is 15.1. The van der Waals surface area contributed by atoms with E-state index >= 15 is 0 Å². The Kier molecular flexibility index (Phi) is 7.94. The zero-order chi connectivity index (χ0) is 17.5. The zero-order valence-corrected chi connectivity index (χ0v) is 15.1. The molecular weight excluding hydrogens is 296 g/mol. The summed E-state index contributed by atoms with van der Waals surface area (Å²) in [6.07, 6.45) is 0. The van der Waals surface area contributed by atoms with Crippen LogP contribution in [-0.2, 0) is 14.3 Å². The molecule has 1 aliphatic rings. The fourth-order valence-electron chi connectivity index (χ4n) is 2.50. The normalized spacial score (nSPS) is 18.5. The molecule has 0 saturated carbocycles. The van der Waals surface area contributed by atoms with E-state index in [2.05, 4.69) is 20.4 Å². The standard InChI is InChI=1S/C16H32N4O3/c1-13(15(22)18-16(2,3)4)20-9-7-19(8-10-20)12-14(21)17-6-11-23-5/h13H,6-12H2,1-5H3,(H,17,21)(H,18,22). The van der Waals surface area contributed by atoms with Crippen molar-refractivity contribution < 1.29 is 14.3 Å². The topological polar surface area (TPSA) is 73.9 Å². The summed E-state index contributed by atoms with van der Waals surface area (Å²) < 4.78 is 4.91. The Morgan fingerprint density at radius 2 is 1.78 bits per heavy atom. The highest BCUT2D eigenvalue weighted by Crippen LogP contribution is 2.08. The van der Waals surface area contributed by atoms with Gasteiger partial charge in [-0.1, -0.05) is 0 Å². The number of amides is 2. The summed E-state index contributed by atoms with van der Waals surface area (Å²) in [6, 6.07) is -0.146. The summed E-state index contributed by atoms with van der Waals surface area (Å²) >= 11 is 0. The third kappa shape index (κ3) is 7.76. The highest BCUT2D eigenvalue weighted by Gasteiger charge is 2.27. The minimum absolute atomic E-state index is 0.0222. The van der Waals surface area contributed by atoms with Crippen molar-refractivity contribution in [2.45, 2.75) is 39.3 Å². The second-order valence-corrected chi connectivity index (χ2v) is 7.07. The molecule has 1 atom stereocenters. The van der Waals surface area contributed by atoms with E-state index < -0.39 is 0 Å². The largest absolute Gasteiger partial charge is 0.383 e. The van der Waals surface area contributed by atoms with Crippen LogP contribution in [0.1, 0.15) is 27.7 Å². The number of piperazine rings is 1. The number of carbonyl (C=O) groups is 2. The van der Waals surface area contributed by atoms with Gasteiger partial charge in [0, 0.05) is 45.4 Å². The van der Waals surface area contributed by atoms with Crippen molar-refractivity contribution in [3.8, 4) is 0 Å². The Bertz CT molecular complexity index is 387. The molecule has 0 aromatic rings. The fourth-order valence-corrected chi connectivity index (χ4v) is 2.50. The van der Waals surface area contributed by atoms with Gasteiger partial charge in [-0.3, -0.25) is 19.4 Å². The summed E-state index contributed by atoms with van der Waals surface area (Å²) in [6.45, 7) is 12.5. The molecule has 0 aliphatic carbocycles. The first-order valence-electron chi connectivity index (χ1n) is 8.27. The van der Waals surface area contributed by atoms with Crippen LogP contribution in [0.5, 0.6) is 0 Å². The summed E-state index contributed by atoms with van der Waals surface area (Å²) in [5, 5.41) is 5.84. The third-order valence-corrected chi connectivity index (χ3v) is 3.83. The predicted molar refractivity (Wildman–Crippen MR) is 90.3 cm³/mol. The number of carbonyl (C=O) groups excluding carboxylic acids is 2. The van der Waals surface area contributed by atoms with Crippen LogP contribution in [0, 0.1) is 0 Å². The van der Waals surface area contributed by atoms with Gasteiger partial charge in [-0.2, -0.15) is 0 Å². The molecule has 0 aromatic carbocycles. The number of methoxy groups -OCH3 is 1. The molecular formula is C16H32N4O3. The monoisotopic (exact) mass is 328 g/mol. The van der Waals surface area contributed by atoms with Crippen molar-refractivity contribution in [3.05, 3.63) is 0 Å². The van der Waals surface area contributed by atoms with Crippen LogP contribution in [0.25, 0.3) is 0 Å². The van der Waals surface area contributed by atoms with E-state index in [0.717, 1.165) is 26.2 Å². The molecule has 7 heteroatoms. The van der Waals surface area contributed by atoms with Gasteiger partial charge in [-0.25, -0.2) is 0 Å². The van der Waals surface area contributed by atoms with Gasteiger partial charge in [-0.05, 0) is 27.7 Å². The van der Waals surface area contributed by atoms with Gasteiger partial charge >= 0.3 is 0 Å². The number of hydrogen-bond donors (Lipinski definition) is 2. The SMILES string of the molecule is COCCNC(=O)CN1CCN(C(C)C(=O)NC(C)(C)C)CC1. The van der Waals surface area contributed by atoms with Crippen LogP contribution in [0.15, 0.2) is 0 Å². The maximum absolute atomic E-state index is 12.2. The molecule has 2 N–H and O–H groups in total. The van der Waals surface area contributed by atoms with Gasteiger partial charge < -0.3 is 15.4 Å². The van der Waals surface area contributed by atoms with Gasteiger partial charge in [0.15, 0.2) is 0 Å². The number of hydrogen-bond acceptors (Lipinski definition) is 5. The summed E-state index contributed by atoms with van der Waals surface area (Å²) in [7, 11) is 1.61. The number of ether oxygens (including phenoxy) is 1. The smallest absolute Gasteiger partial charge is 0.237 e. The maximum atomic E-state index is 12.2. The lowest BCUT2D eigenvalue weighted by atomic mass is 10.1. The lowest BCUT2D eigenvalue weighted by Gasteiger charge is -2.38. The molecule has 1 rings (SSSR count). The third-order valence-electron chi connectivity index (χ3n) is 3.83. The summed E-state index contributed by atoms with van der Waals surface area (Å²) in [5.74, 6) is 0.0808. The van der Waals surface area contributed by atoms with E-state index in [1.54, 1.807) is 7.11 Å². The minimum Gasteiger partial charge on any atom is -0.383 e. The van der Waals surface area contributed by atoms with E-state index in [-0.39, 0.29) is 23.4 Å². The lowest BCUT2D eigenvalue weighted by molar-refractivity contribution is -0.129. The van der Waals surface area contributed by atoms with Gasteiger partial charge in [0.05, 0.1) is 19.2 Å². The van der Waals surface area contributed by atoms with Crippen LogP contribution < -0.4 is 10.6 Å². The van der Waals surface area contributed by atoms with E-state index in [9.17, 15) is 9.59 Å². The Morgan fingerprint density at radius 3 is 2.30 bits per heavy atom. The molecule has 1 aliphatic heterocycles. The van der Waals surface area contributed by atoms with E-state index in [1.807, 2.05) is 27.7 Å². The van der Waals surface area contributed by atoms with Crippen molar-refractivity contribution >= 4 is 11.8 Å². The van der Waals surface area contributed by atoms with Crippen molar-refractivity contribution in [1.29, 1.82) is 0 Å². The van der Waals surface area contributed by atoms with Crippen LogP contribution in [0.4, 0.5) is 0 Å². The quantitative estimate of drug-likeness (QED) is 0.626. The van der Waals surface area contributed by atoms with E-state index in [1.165, 1.54) is 0 Å². The molecule has 23 heavy (non-hydrogen) atoms. The molecule has 0 radical (unpaired) electrons. The second kappa shape index (κ2) is 9.20. The Labute approximate surface area is 139 Å². The van der Waals surface area contributed by atoms with Crippen LogP contribution in [0.3, 0.4) is 0 Å². The van der Waals surface area contributed by atoms with Crippen LogP contribution in [-0.4, -0.2) is 86.2 Å². The average Bonchev–Trinajstić information content (AvgIpc) is 2.46. The average molecular weight is 328 g/mol. The molecule has 0 bridgehead atoms. The molecule has 1 fully saturated rings. The van der Waals surface area contributed by atoms with E-state index in [4.69, 9.17) is 4.74 Å². The van der Waals surface area contributed by atoms with Gasteiger partial charge in [-0.15, -0.1) is 0 Å². The molecule has 0 spiro atoms. The summed E-state index contributed by atoms with van der Waals surface area (Å²) in [4.78, 5) is 28.3. The second-order valence-electron chi connectivity index (χ2n) is 7.07. The number of nitrogens with zero attached hydrogens (tertiary/aromatic N) is 2. The number of rotatable bonds is 7. The van der Waals surface area contributed by atoms with Crippen LogP contribution in [0.2, 0.25) is 0 Å². The molecule has 134 valence electrons. The Balaban J connectivity index is 2.32. The Morgan fingerprint density at radius 1 is 1.17 bits per heavy atom. The van der Waals surface area contributed by atoms with Gasteiger partial charge in [0.2, 0.25) is 11.8 Å². The number of nitrogens with one attached hydrogen (secondary N) is 2. The first-order valence-corrected chi connectivity index (χ1v) is 8.27. The van der Waals surface area contributed by atoms with Crippen molar-refractivity contribution in [2.24, 2.45) is 0 Å². The molecule has 7 nitrogen and oxygen atoms in total. The van der Waals surface area contributed by atoms with Crippen LogP contribution >= 0.6 is 0 Å². The van der Waals surface area contributed by atoms with Gasteiger partial charge in [0.25, 0.3) is 0 Å². The van der Waals surface area contributed by atoms with Crippen molar-refractivity contribution in [2.75, 3.05) is 53.0 Å². The molecule has 1 unspecified atom stereocenters. The van der Waals surface area contributed by atoms with Crippen molar-refractivity contribution in [3.63, 3.8) is 0 Å². The summed E-state index contributed by atoms with van der Waals surface area (Å²) in [5.41, 5.74) is -0.215. The predicted octanol–water partition coefficient (Wildman–Crippen LogP) is -0.330. The molecule has 2 amide bonds. The lowest BCUT2D eigenvalue weighted by Crippen LogP contribution is -2.57. The van der Waals surface area contributed by atoms with Gasteiger partial charge in [0.1, 0.15) is 0 Å². The highest BCUT2D eigenvalue weighted by molar-refractivity contribution is 5.82.